The summed E-state index contributed by atoms with van der Waals surface area (Å²) in [6.45, 7) is 3.44. The molecule has 1 unspecified atom stereocenters. The Morgan fingerprint density at radius 2 is 1.96 bits per heavy atom. The Balaban J connectivity index is 1.52. The highest BCUT2D eigenvalue weighted by Crippen LogP contribution is 2.25. The molecule has 1 atom stereocenters. The van der Waals surface area contributed by atoms with Gasteiger partial charge in [0.05, 0.1) is 0 Å². The van der Waals surface area contributed by atoms with Crippen LogP contribution in [0.5, 0.6) is 0 Å². The van der Waals surface area contributed by atoms with E-state index in [0.717, 1.165) is 16.5 Å². The molecule has 0 radical (unpaired) electrons. The molecule has 1 fully saturated rings. The Kier molecular flexibility index (Phi) is 6.12. The number of guanidine groups is 1. The van der Waals surface area contributed by atoms with Crippen LogP contribution in [0.3, 0.4) is 0 Å². The Morgan fingerprint density at radius 3 is 2.61 bits per heavy atom. The molecule has 1 aromatic carbocycles. The second kappa shape index (κ2) is 8.38. The molecular weight excluding hydrogens is 374 g/mol. The van der Waals surface area contributed by atoms with Crippen molar-refractivity contribution in [2.24, 2.45) is 4.99 Å². The smallest absolute Gasteiger partial charge is 0.361 e. The fourth-order valence-electron chi connectivity index (χ4n) is 3.53. The summed E-state index contributed by atoms with van der Waals surface area (Å²) in [6, 6.07) is 3.20. The molecule has 1 saturated heterocycles. The van der Waals surface area contributed by atoms with Crippen molar-refractivity contribution >= 4 is 16.9 Å². The van der Waals surface area contributed by atoms with Crippen molar-refractivity contribution in [3.63, 3.8) is 0 Å². The number of hydrogen-bond donors (Lipinski definition) is 2. The lowest BCUT2D eigenvalue weighted by atomic mass is 10.1. The number of aromatic nitrogens is 1. The van der Waals surface area contributed by atoms with Gasteiger partial charge in [-0.2, -0.15) is 13.2 Å². The van der Waals surface area contributed by atoms with Gasteiger partial charge in [0.15, 0.2) is 5.96 Å². The highest BCUT2D eigenvalue weighted by atomic mass is 19.4. The van der Waals surface area contributed by atoms with Gasteiger partial charge in [-0.05, 0) is 37.1 Å². The molecule has 0 saturated carbocycles. The molecule has 2 aromatic rings. The van der Waals surface area contributed by atoms with Gasteiger partial charge < -0.3 is 15.2 Å². The van der Waals surface area contributed by atoms with Gasteiger partial charge in [-0.1, -0.05) is 0 Å². The first-order valence-electron chi connectivity index (χ1n) is 9.31. The van der Waals surface area contributed by atoms with Gasteiger partial charge in [0, 0.05) is 56.9 Å². The number of rotatable bonds is 4. The van der Waals surface area contributed by atoms with E-state index in [4.69, 9.17) is 0 Å². The van der Waals surface area contributed by atoms with Crippen molar-refractivity contribution in [2.75, 3.05) is 39.8 Å². The predicted octanol–water partition coefficient (Wildman–Crippen LogP) is 2.99. The van der Waals surface area contributed by atoms with E-state index >= 15 is 0 Å². The number of aromatic amines is 1. The first kappa shape index (κ1) is 20.4. The van der Waals surface area contributed by atoms with Crippen LogP contribution in [0.1, 0.15) is 12.5 Å². The summed E-state index contributed by atoms with van der Waals surface area (Å²) < 4.78 is 52.1. The molecule has 0 spiro atoms. The van der Waals surface area contributed by atoms with Crippen LogP contribution >= 0.6 is 0 Å². The van der Waals surface area contributed by atoms with E-state index in [9.17, 15) is 17.6 Å². The number of benzene rings is 1. The second-order valence-electron chi connectivity index (χ2n) is 6.97. The first-order valence-corrected chi connectivity index (χ1v) is 9.31. The number of aliphatic imine (C=N–C) groups is 1. The van der Waals surface area contributed by atoms with Crippen molar-refractivity contribution in [2.45, 2.75) is 25.6 Å². The van der Waals surface area contributed by atoms with Crippen molar-refractivity contribution in [3.8, 4) is 0 Å². The fraction of sp³-hybridized carbons (Fsp3) is 0.526. The van der Waals surface area contributed by atoms with Gasteiger partial charge in [-0.15, -0.1) is 0 Å². The summed E-state index contributed by atoms with van der Waals surface area (Å²) >= 11 is 0. The van der Waals surface area contributed by atoms with Gasteiger partial charge in [0.1, 0.15) is 11.9 Å². The van der Waals surface area contributed by atoms with E-state index in [0.29, 0.717) is 45.1 Å². The van der Waals surface area contributed by atoms with E-state index in [2.05, 4.69) is 15.3 Å². The molecule has 5 nitrogen and oxygen atoms in total. The van der Waals surface area contributed by atoms with E-state index in [1.807, 2.05) is 11.1 Å². The minimum Gasteiger partial charge on any atom is -0.361 e. The third kappa shape index (κ3) is 4.57. The number of H-pyrrole nitrogens is 1. The van der Waals surface area contributed by atoms with Gasteiger partial charge >= 0.3 is 6.18 Å². The fourth-order valence-corrected chi connectivity index (χ4v) is 3.53. The molecular formula is C19H25F4N5. The number of fused-ring (bicyclic) bond motifs is 1. The number of nitrogens with one attached hydrogen (secondary N) is 2. The normalized spacial score (nSPS) is 17.9. The predicted molar refractivity (Wildman–Crippen MR) is 102 cm³/mol. The Bertz CT molecular complexity index is 821. The van der Waals surface area contributed by atoms with E-state index < -0.39 is 12.2 Å². The summed E-state index contributed by atoms with van der Waals surface area (Å²) in [6.07, 6.45) is -1.67. The molecule has 0 bridgehead atoms. The number of alkyl halides is 3. The molecule has 2 heterocycles. The quantitative estimate of drug-likeness (QED) is 0.472. The summed E-state index contributed by atoms with van der Waals surface area (Å²) in [5, 5.41) is 4.11. The lowest BCUT2D eigenvalue weighted by Crippen LogP contribution is -2.56. The Labute approximate surface area is 161 Å². The van der Waals surface area contributed by atoms with Crippen LogP contribution in [0.25, 0.3) is 10.9 Å². The van der Waals surface area contributed by atoms with Crippen LogP contribution in [-0.2, 0) is 6.42 Å². The average Bonchev–Trinajstić information content (AvgIpc) is 3.06. The highest BCUT2D eigenvalue weighted by Gasteiger charge is 2.41. The molecule has 1 aromatic heterocycles. The van der Waals surface area contributed by atoms with E-state index in [-0.39, 0.29) is 5.82 Å². The van der Waals surface area contributed by atoms with Crippen LogP contribution in [0.15, 0.2) is 29.4 Å². The average molecular weight is 399 g/mol. The number of nitrogens with zero attached hydrogens (tertiary/aromatic N) is 3. The minimum atomic E-state index is -4.21. The lowest BCUT2D eigenvalue weighted by Gasteiger charge is -2.39. The molecule has 28 heavy (non-hydrogen) atoms. The zero-order valence-corrected chi connectivity index (χ0v) is 16.0. The Hall–Kier alpha value is -2.29. The maximum Gasteiger partial charge on any atom is 0.403 e. The number of halogens is 4. The SMILES string of the molecule is CN=C(NCCc1c[nH]c2ccc(F)cc12)N1CCN(C(C)C(F)(F)F)CC1. The van der Waals surface area contributed by atoms with Crippen LogP contribution in [0, 0.1) is 5.82 Å². The lowest BCUT2D eigenvalue weighted by molar-refractivity contribution is -0.181. The highest BCUT2D eigenvalue weighted by molar-refractivity contribution is 5.83. The molecule has 0 aliphatic carbocycles. The molecule has 154 valence electrons. The van der Waals surface area contributed by atoms with Gasteiger partial charge in [0.25, 0.3) is 0 Å². The van der Waals surface area contributed by atoms with Crippen LogP contribution in [0.2, 0.25) is 0 Å². The third-order valence-electron chi connectivity index (χ3n) is 5.25. The third-order valence-corrected chi connectivity index (χ3v) is 5.25. The molecule has 2 N–H and O–H groups in total. The van der Waals surface area contributed by atoms with Crippen LogP contribution in [0.4, 0.5) is 17.6 Å². The molecule has 1 aliphatic heterocycles. The largest absolute Gasteiger partial charge is 0.403 e. The van der Waals surface area contributed by atoms with Crippen LogP contribution < -0.4 is 5.32 Å². The minimum absolute atomic E-state index is 0.275. The van der Waals surface area contributed by atoms with Crippen LogP contribution in [-0.4, -0.2) is 72.7 Å². The monoisotopic (exact) mass is 399 g/mol. The van der Waals surface area contributed by atoms with Crippen molar-refractivity contribution in [1.29, 1.82) is 0 Å². The van der Waals surface area contributed by atoms with Crippen molar-refractivity contribution < 1.29 is 17.6 Å². The van der Waals surface area contributed by atoms with Gasteiger partial charge in [-0.25, -0.2) is 4.39 Å². The van der Waals surface area contributed by atoms with E-state index in [1.54, 1.807) is 13.1 Å². The zero-order chi connectivity index (χ0) is 20.3. The summed E-state index contributed by atoms with van der Waals surface area (Å²) in [7, 11) is 1.66. The van der Waals surface area contributed by atoms with Crippen molar-refractivity contribution in [1.82, 2.24) is 20.1 Å². The van der Waals surface area contributed by atoms with Gasteiger partial charge in [0.2, 0.25) is 0 Å². The summed E-state index contributed by atoms with van der Waals surface area (Å²) in [5.74, 6) is 0.397. The number of hydrogen-bond acceptors (Lipinski definition) is 2. The van der Waals surface area contributed by atoms with E-state index in [1.165, 1.54) is 24.0 Å². The zero-order valence-electron chi connectivity index (χ0n) is 16.0. The topological polar surface area (TPSA) is 46.7 Å². The van der Waals surface area contributed by atoms with Gasteiger partial charge in [-0.3, -0.25) is 9.89 Å². The van der Waals surface area contributed by atoms with Crippen molar-refractivity contribution in [3.05, 3.63) is 35.8 Å². The molecule has 0 amide bonds. The molecule has 1 aliphatic rings. The number of piperazine rings is 1. The first-order chi connectivity index (χ1) is 13.3. The Morgan fingerprint density at radius 1 is 1.25 bits per heavy atom. The summed E-state index contributed by atoms with van der Waals surface area (Å²) in [4.78, 5) is 10.8. The maximum absolute atomic E-state index is 13.5. The molecule has 3 rings (SSSR count). The standard InChI is InChI=1S/C19H25F4N5/c1-13(19(21,22)23)27-7-9-28(10-8-27)18(24-2)25-6-5-14-12-26-17-4-3-15(20)11-16(14)17/h3-4,11-13,26H,5-10H2,1-2H3,(H,24,25). The molecule has 9 heteroatoms. The second-order valence-corrected chi connectivity index (χ2v) is 6.97. The maximum atomic E-state index is 13.5. The summed E-state index contributed by atoms with van der Waals surface area (Å²) in [5.41, 5.74) is 1.89.